The Morgan fingerprint density at radius 1 is 1.06 bits per heavy atom. The molecule has 0 N–H and O–H groups in total. The molecule has 1 fully saturated rings. The normalized spacial score (nSPS) is 14.4. The van der Waals surface area contributed by atoms with Crippen LogP contribution in [0.1, 0.15) is 23.3 Å². The van der Waals surface area contributed by atoms with E-state index in [4.69, 9.17) is 14.2 Å². The topological polar surface area (TPSA) is 78.7 Å². The molecule has 3 heterocycles. The molecule has 0 aliphatic carbocycles. The van der Waals surface area contributed by atoms with Crippen molar-refractivity contribution in [2.75, 3.05) is 27.3 Å². The minimum atomic E-state index is -0.0389. The van der Waals surface area contributed by atoms with E-state index in [0.717, 1.165) is 24.2 Å². The van der Waals surface area contributed by atoms with Crippen molar-refractivity contribution in [3.8, 4) is 28.5 Å². The van der Waals surface area contributed by atoms with E-state index in [9.17, 15) is 4.79 Å². The Hall–Kier alpha value is -3.55. The van der Waals surface area contributed by atoms with Crippen molar-refractivity contribution >= 4 is 5.91 Å². The molecule has 1 aliphatic heterocycles. The molecule has 1 amide bonds. The van der Waals surface area contributed by atoms with E-state index < -0.39 is 0 Å². The molecular formula is C23H26N4O4. The summed E-state index contributed by atoms with van der Waals surface area (Å²) in [6.45, 7) is 1.26. The molecule has 0 bridgehead atoms. The molecule has 0 spiro atoms. The van der Waals surface area contributed by atoms with Crippen LogP contribution in [-0.4, -0.2) is 59.0 Å². The van der Waals surface area contributed by atoms with E-state index in [1.54, 1.807) is 44.4 Å². The number of hydrogen-bond donors (Lipinski definition) is 0. The summed E-state index contributed by atoms with van der Waals surface area (Å²) < 4.78 is 18.4. The highest BCUT2D eigenvalue weighted by Crippen LogP contribution is 2.33. The summed E-state index contributed by atoms with van der Waals surface area (Å²) >= 11 is 0. The Labute approximate surface area is 181 Å². The number of rotatable bonds is 6. The van der Waals surface area contributed by atoms with Crippen molar-refractivity contribution in [3.05, 3.63) is 54.5 Å². The Kier molecular flexibility index (Phi) is 6.06. The molecule has 0 saturated carbocycles. The molecule has 1 aliphatic rings. The molecule has 31 heavy (non-hydrogen) atoms. The van der Waals surface area contributed by atoms with Gasteiger partial charge in [-0.3, -0.25) is 14.5 Å². The van der Waals surface area contributed by atoms with Gasteiger partial charge >= 0.3 is 0 Å². The van der Waals surface area contributed by atoms with E-state index in [1.807, 2.05) is 35.2 Å². The van der Waals surface area contributed by atoms with Crippen LogP contribution < -0.4 is 14.2 Å². The molecule has 8 heteroatoms. The molecule has 2 aromatic heterocycles. The number of aryl methyl sites for hydroxylation is 1. The monoisotopic (exact) mass is 422 g/mol. The van der Waals surface area contributed by atoms with Gasteiger partial charge in [0, 0.05) is 44.7 Å². The second-order valence-corrected chi connectivity index (χ2v) is 7.40. The summed E-state index contributed by atoms with van der Waals surface area (Å²) in [5, 5.41) is 4.55. The second kappa shape index (κ2) is 9.07. The van der Waals surface area contributed by atoms with Gasteiger partial charge in [0.15, 0.2) is 0 Å². The summed E-state index contributed by atoms with van der Waals surface area (Å²) in [5.74, 6) is 2.09. The number of ether oxygens (including phenoxy) is 3. The number of hydrogen-bond acceptors (Lipinski definition) is 6. The van der Waals surface area contributed by atoms with Gasteiger partial charge in [0.05, 0.1) is 26.1 Å². The second-order valence-electron chi connectivity index (χ2n) is 7.40. The standard InChI is InChI=1S/C23H26N4O4/c1-26-21(14-20(25-26)19-13-17(29-2)6-7-22(19)30-3)23(28)27-11-8-16(9-12-27)31-18-5-4-10-24-15-18/h4-7,10,13-16H,8-9,11-12H2,1-3H3. The van der Waals surface area contributed by atoms with E-state index in [1.165, 1.54) is 0 Å². The first-order valence-electron chi connectivity index (χ1n) is 10.2. The van der Waals surface area contributed by atoms with Crippen LogP contribution in [0, 0.1) is 0 Å². The highest BCUT2D eigenvalue weighted by atomic mass is 16.5. The molecule has 4 rings (SSSR count). The lowest BCUT2D eigenvalue weighted by atomic mass is 10.1. The smallest absolute Gasteiger partial charge is 0.272 e. The molecule has 8 nitrogen and oxygen atoms in total. The van der Waals surface area contributed by atoms with Gasteiger partial charge in [-0.15, -0.1) is 0 Å². The molecule has 1 saturated heterocycles. The highest BCUT2D eigenvalue weighted by molar-refractivity contribution is 5.94. The van der Waals surface area contributed by atoms with Gasteiger partial charge in [-0.25, -0.2) is 0 Å². The third-order valence-corrected chi connectivity index (χ3v) is 5.45. The average molecular weight is 422 g/mol. The number of pyridine rings is 1. The molecular weight excluding hydrogens is 396 g/mol. The number of aromatic nitrogens is 3. The Bertz CT molecular complexity index is 1040. The van der Waals surface area contributed by atoms with Crippen molar-refractivity contribution in [1.29, 1.82) is 0 Å². The van der Waals surface area contributed by atoms with Crippen LogP contribution in [0.5, 0.6) is 17.2 Å². The van der Waals surface area contributed by atoms with Crippen molar-refractivity contribution in [3.63, 3.8) is 0 Å². The summed E-state index contributed by atoms with van der Waals surface area (Å²) in [4.78, 5) is 19.1. The number of amides is 1. The lowest BCUT2D eigenvalue weighted by Crippen LogP contribution is -2.42. The number of piperidine rings is 1. The number of methoxy groups -OCH3 is 2. The fourth-order valence-corrected chi connectivity index (χ4v) is 3.76. The van der Waals surface area contributed by atoms with Gasteiger partial charge < -0.3 is 19.1 Å². The lowest BCUT2D eigenvalue weighted by molar-refractivity contribution is 0.0585. The lowest BCUT2D eigenvalue weighted by Gasteiger charge is -2.32. The Balaban J connectivity index is 1.46. The maximum absolute atomic E-state index is 13.2. The van der Waals surface area contributed by atoms with Gasteiger partial charge in [-0.1, -0.05) is 0 Å². The summed E-state index contributed by atoms with van der Waals surface area (Å²) in [5.41, 5.74) is 1.97. The van der Waals surface area contributed by atoms with Crippen LogP contribution in [0.4, 0.5) is 0 Å². The number of nitrogens with zero attached hydrogens (tertiary/aromatic N) is 4. The zero-order valence-electron chi connectivity index (χ0n) is 17.9. The SMILES string of the molecule is COc1ccc(OC)c(-c2cc(C(=O)N3CCC(Oc4cccnc4)CC3)n(C)n2)c1. The van der Waals surface area contributed by atoms with Crippen LogP contribution in [0.25, 0.3) is 11.3 Å². The van der Waals surface area contributed by atoms with Crippen LogP contribution in [0.15, 0.2) is 48.8 Å². The van der Waals surface area contributed by atoms with Crippen molar-refractivity contribution in [1.82, 2.24) is 19.7 Å². The van der Waals surface area contributed by atoms with Gasteiger partial charge in [0.1, 0.15) is 29.0 Å². The van der Waals surface area contributed by atoms with E-state index in [0.29, 0.717) is 36.0 Å². The van der Waals surface area contributed by atoms with Gasteiger partial charge in [0.25, 0.3) is 5.91 Å². The first kappa shape index (κ1) is 20.7. The number of carbonyl (C=O) groups excluding carboxylic acids is 1. The number of carbonyl (C=O) groups is 1. The van der Waals surface area contributed by atoms with Crippen LogP contribution in [0.2, 0.25) is 0 Å². The minimum Gasteiger partial charge on any atom is -0.497 e. The molecule has 3 aromatic rings. The maximum atomic E-state index is 13.2. The third kappa shape index (κ3) is 4.47. The van der Waals surface area contributed by atoms with E-state index in [2.05, 4.69) is 10.1 Å². The van der Waals surface area contributed by atoms with Crippen LogP contribution in [0.3, 0.4) is 0 Å². The molecule has 0 unspecified atom stereocenters. The largest absolute Gasteiger partial charge is 0.497 e. The van der Waals surface area contributed by atoms with E-state index in [-0.39, 0.29) is 12.0 Å². The number of benzene rings is 1. The van der Waals surface area contributed by atoms with Crippen LogP contribution in [-0.2, 0) is 7.05 Å². The number of likely N-dealkylation sites (tertiary alicyclic amines) is 1. The van der Waals surface area contributed by atoms with E-state index >= 15 is 0 Å². The van der Waals surface area contributed by atoms with Crippen molar-refractivity contribution < 1.29 is 19.0 Å². The Morgan fingerprint density at radius 3 is 2.55 bits per heavy atom. The predicted octanol–water partition coefficient (Wildman–Crippen LogP) is 3.18. The predicted molar refractivity (Wildman–Crippen MR) is 116 cm³/mol. The Morgan fingerprint density at radius 2 is 1.87 bits per heavy atom. The van der Waals surface area contributed by atoms with Crippen LogP contribution >= 0.6 is 0 Å². The molecule has 162 valence electrons. The fourth-order valence-electron chi connectivity index (χ4n) is 3.76. The van der Waals surface area contributed by atoms with Gasteiger partial charge in [-0.2, -0.15) is 5.10 Å². The maximum Gasteiger partial charge on any atom is 0.272 e. The summed E-state index contributed by atoms with van der Waals surface area (Å²) in [6, 6.07) is 11.1. The fraction of sp³-hybridized carbons (Fsp3) is 0.348. The molecule has 0 radical (unpaired) electrons. The first-order valence-corrected chi connectivity index (χ1v) is 10.2. The van der Waals surface area contributed by atoms with Gasteiger partial charge in [-0.05, 0) is 36.4 Å². The summed E-state index contributed by atoms with van der Waals surface area (Å²) in [6.07, 6.45) is 5.06. The van der Waals surface area contributed by atoms with Gasteiger partial charge in [0.2, 0.25) is 0 Å². The zero-order valence-corrected chi connectivity index (χ0v) is 17.9. The van der Waals surface area contributed by atoms with Crippen molar-refractivity contribution in [2.24, 2.45) is 7.05 Å². The van der Waals surface area contributed by atoms with Crippen molar-refractivity contribution in [2.45, 2.75) is 18.9 Å². The highest BCUT2D eigenvalue weighted by Gasteiger charge is 2.27. The molecule has 1 aromatic carbocycles. The molecule has 0 atom stereocenters. The zero-order chi connectivity index (χ0) is 21.8. The first-order chi connectivity index (χ1) is 15.1. The quantitative estimate of drug-likeness (QED) is 0.607. The average Bonchev–Trinajstić information content (AvgIpc) is 3.20. The summed E-state index contributed by atoms with van der Waals surface area (Å²) in [7, 11) is 5.00. The minimum absolute atomic E-state index is 0.0389. The third-order valence-electron chi connectivity index (χ3n) is 5.45.